The van der Waals surface area contributed by atoms with Gasteiger partial charge >= 0.3 is 0 Å². The van der Waals surface area contributed by atoms with Crippen molar-refractivity contribution >= 4 is 5.91 Å². The first-order valence-electron chi connectivity index (χ1n) is 5.11. The third kappa shape index (κ3) is 2.96. The lowest BCUT2D eigenvalue weighted by molar-refractivity contribution is -0.129. The van der Waals surface area contributed by atoms with Crippen LogP contribution in [-0.4, -0.2) is 41.5 Å². The van der Waals surface area contributed by atoms with E-state index in [1.165, 1.54) is 0 Å². The number of nitrogens with two attached hydrogens (primary N) is 1. The van der Waals surface area contributed by atoms with Gasteiger partial charge < -0.3 is 11.1 Å². The van der Waals surface area contributed by atoms with Gasteiger partial charge in [0.05, 0.1) is 6.04 Å². The molecular weight excluding hydrogens is 178 g/mol. The van der Waals surface area contributed by atoms with Gasteiger partial charge in [-0.25, -0.2) is 0 Å². The number of likely N-dealkylation sites (tertiary alicyclic amines) is 1. The summed E-state index contributed by atoms with van der Waals surface area (Å²) in [5.74, 6) is 0.0874. The van der Waals surface area contributed by atoms with E-state index in [9.17, 15) is 4.79 Å². The summed E-state index contributed by atoms with van der Waals surface area (Å²) in [5.41, 5.74) is 5.51. The first-order chi connectivity index (χ1) is 6.29. The highest BCUT2D eigenvalue weighted by Crippen LogP contribution is 2.11. The Kier molecular flexibility index (Phi) is 3.17. The number of hydrogen-bond donors (Lipinski definition) is 2. The molecule has 0 aromatic carbocycles. The van der Waals surface area contributed by atoms with Crippen LogP contribution >= 0.6 is 0 Å². The maximum absolute atomic E-state index is 11.7. The van der Waals surface area contributed by atoms with Crippen LogP contribution in [0, 0.1) is 0 Å². The van der Waals surface area contributed by atoms with Crippen molar-refractivity contribution in [1.29, 1.82) is 0 Å². The highest BCUT2D eigenvalue weighted by Gasteiger charge is 2.32. The molecule has 1 saturated heterocycles. The minimum atomic E-state index is -0.154. The Hall–Kier alpha value is -0.610. The second-order valence-electron chi connectivity index (χ2n) is 5.13. The summed E-state index contributed by atoms with van der Waals surface area (Å²) >= 11 is 0. The average molecular weight is 199 g/mol. The number of carbonyl (C=O) groups excluding carboxylic acids is 1. The summed E-state index contributed by atoms with van der Waals surface area (Å²) < 4.78 is 0. The smallest absolute Gasteiger partial charge is 0.237 e. The van der Waals surface area contributed by atoms with Crippen LogP contribution in [0.4, 0.5) is 0 Å². The van der Waals surface area contributed by atoms with Crippen LogP contribution < -0.4 is 11.1 Å². The summed E-state index contributed by atoms with van der Waals surface area (Å²) in [6.45, 7) is 9.54. The second kappa shape index (κ2) is 3.87. The summed E-state index contributed by atoms with van der Waals surface area (Å²) in [6.07, 6.45) is 0. The van der Waals surface area contributed by atoms with Gasteiger partial charge in [-0.15, -0.1) is 0 Å². The van der Waals surface area contributed by atoms with Crippen molar-refractivity contribution in [3.8, 4) is 0 Å². The van der Waals surface area contributed by atoms with Gasteiger partial charge in [0, 0.05) is 24.7 Å². The molecule has 1 amide bonds. The molecule has 0 aromatic heterocycles. The fraction of sp³-hybridized carbons (Fsp3) is 0.900. The SMILES string of the molecule is CC(C(=O)NC(C)(C)C)N1CC(N)C1. The van der Waals surface area contributed by atoms with Gasteiger partial charge in [0.2, 0.25) is 5.91 Å². The van der Waals surface area contributed by atoms with E-state index in [0.717, 1.165) is 13.1 Å². The van der Waals surface area contributed by atoms with Crippen LogP contribution in [0.5, 0.6) is 0 Å². The molecule has 82 valence electrons. The van der Waals surface area contributed by atoms with E-state index in [4.69, 9.17) is 5.73 Å². The minimum absolute atomic E-state index is 0.0611. The van der Waals surface area contributed by atoms with Gasteiger partial charge in [-0.05, 0) is 27.7 Å². The van der Waals surface area contributed by atoms with Crippen molar-refractivity contribution < 1.29 is 4.79 Å². The zero-order chi connectivity index (χ0) is 10.9. The highest BCUT2D eigenvalue weighted by molar-refractivity contribution is 5.82. The largest absolute Gasteiger partial charge is 0.350 e. The van der Waals surface area contributed by atoms with Crippen LogP contribution in [-0.2, 0) is 4.79 Å². The maximum Gasteiger partial charge on any atom is 0.237 e. The predicted molar refractivity (Wildman–Crippen MR) is 56.9 cm³/mol. The minimum Gasteiger partial charge on any atom is -0.350 e. The average Bonchev–Trinajstić information content (AvgIpc) is 1.94. The molecule has 3 N–H and O–H groups in total. The number of nitrogens with zero attached hydrogens (tertiary/aromatic N) is 1. The highest BCUT2D eigenvalue weighted by atomic mass is 16.2. The summed E-state index contributed by atoms with van der Waals surface area (Å²) in [6, 6.07) is 0.189. The Balaban J connectivity index is 2.38. The molecule has 1 aliphatic heterocycles. The Morgan fingerprint density at radius 1 is 1.50 bits per heavy atom. The van der Waals surface area contributed by atoms with Gasteiger partial charge in [0.1, 0.15) is 0 Å². The van der Waals surface area contributed by atoms with Crippen molar-refractivity contribution in [2.75, 3.05) is 13.1 Å². The normalized spacial score (nSPS) is 21.5. The molecule has 14 heavy (non-hydrogen) atoms. The van der Waals surface area contributed by atoms with Crippen molar-refractivity contribution in [2.24, 2.45) is 5.73 Å². The molecule has 1 aliphatic rings. The van der Waals surface area contributed by atoms with E-state index in [1.807, 2.05) is 27.7 Å². The first-order valence-corrected chi connectivity index (χ1v) is 5.11. The molecule has 0 bridgehead atoms. The van der Waals surface area contributed by atoms with E-state index >= 15 is 0 Å². The van der Waals surface area contributed by atoms with Crippen molar-refractivity contribution in [2.45, 2.75) is 45.3 Å². The quantitative estimate of drug-likeness (QED) is 0.654. The van der Waals surface area contributed by atoms with Gasteiger partial charge in [-0.1, -0.05) is 0 Å². The Bertz CT molecular complexity index is 216. The first kappa shape index (κ1) is 11.5. The zero-order valence-electron chi connectivity index (χ0n) is 9.50. The molecule has 4 nitrogen and oxygen atoms in total. The summed E-state index contributed by atoms with van der Waals surface area (Å²) in [4.78, 5) is 13.8. The fourth-order valence-electron chi connectivity index (χ4n) is 1.51. The Labute approximate surface area is 85.8 Å². The van der Waals surface area contributed by atoms with E-state index in [1.54, 1.807) is 0 Å². The molecule has 0 aliphatic carbocycles. The molecule has 1 unspecified atom stereocenters. The van der Waals surface area contributed by atoms with E-state index in [0.29, 0.717) is 0 Å². The lowest BCUT2D eigenvalue weighted by Crippen LogP contribution is -2.62. The monoisotopic (exact) mass is 199 g/mol. The van der Waals surface area contributed by atoms with Gasteiger partial charge in [-0.2, -0.15) is 0 Å². The molecular formula is C10H21N3O. The standard InChI is InChI=1S/C10H21N3O/c1-7(13-5-8(11)6-13)9(14)12-10(2,3)4/h7-8H,5-6,11H2,1-4H3,(H,12,14). The van der Waals surface area contributed by atoms with E-state index in [2.05, 4.69) is 10.2 Å². The number of hydrogen-bond acceptors (Lipinski definition) is 3. The van der Waals surface area contributed by atoms with Gasteiger partial charge in [0.25, 0.3) is 0 Å². The summed E-state index contributed by atoms with van der Waals surface area (Å²) in [5, 5.41) is 2.96. The predicted octanol–water partition coefficient (Wildman–Crippen LogP) is -0.0675. The third-order valence-corrected chi connectivity index (χ3v) is 2.36. The molecule has 0 aromatic rings. The molecule has 0 radical (unpaired) electrons. The Morgan fingerprint density at radius 2 is 2.00 bits per heavy atom. The summed E-state index contributed by atoms with van der Waals surface area (Å²) in [7, 11) is 0. The molecule has 1 heterocycles. The lowest BCUT2D eigenvalue weighted by atomic mass is 10.0. The van der Waals surface area contributed by atoms with Gasteiger partial charge in [0.15, 0.2) is 0 Å². The second-order valence-corrected chi connectivity index (χ2v) is 5.13. The van der Waals surface area contributed by atoms with E-state index in [-0.39, 0.29) is 23.5 Å². The van der Waals surface area contributed by atoms with Crippen molar-refractivity contribution in [3.63, 3.8) is 0 Å². The topological polar surface area (TPSA) is 58.4 Å². The van der Waals surface area contributed by atoms with E-state index < -0.39 is 0 Å². The molecule has 4 heteroatoms. The zero-order valence-corrected chi connectivity index (χ0v) is 9.50. The molecule has 1 fully saturated rings. The number of carbonyl (C=O) groups is 1. The maximum atomic E-state index is 11.7. The van der Waals surface area contributed by atoms with Crippen LogP contribution in [0.3, 0.4) is 0 Å². The number of amides is 1. The van der Waals surface area contributed by atoms with Crippen LogP contribution in [0.15, 0.2) is 0 Å². The van der Waals surface area contributed by atoms with Gasteiger partial charge in [-0.3, -0.25) is 9.69 Å². The third-order valence-electron chi connectivity index (χ3n) is 2.36. The molecule has 1 atom stereocenters. The number of rotatable bonds is 2. The van der Waals surface area contributed by atoms with Crippen LogP contribution in [0.2, 0.25) is 0 Å². The molecule has 0 spiro atoms. The lowest BCUT2D eigenvalue weighted by Gasteiger charge is -2.41. The van der Waals surface area contributed by atoms with Crippen molar-refractivity contribution in [1.82, 2.24) is 10.2 Å². The molecule has 0 saturated carbocycles. The van der Waals surface area contributed by atoms with Crippen LogP contribution in [0.1, 0.15) is 27.7 Å². The fourth-order valence-corrected chi connectivity index (χ4v) is 1.51. The Morgan fingerprint density at radius 3 is 2.36 bits per heavy atom. The molecule has 1 rings (SSSR count). The van der Waals surface area contributed by atoms with Crippen LogP contribution in [0.25, 0.3) is 0 Å². The van der Waals surface area contributed by atoms with Crippen molar-refractivity contribution in [3.05, 3.63) is 0 Å². The number of nitrogens with one attached hydrogen (secondary N) is 1.